The molecule has 5 rings (SSSR count). The molecule has 2 amide bonds. The number of pyridine rings is 1. The van der Waals surface area contributed by atoms with Gasteiger partial charge >= 0.3 is 12.1 Å². The van der Waals surface area contributed by atoms with Gasteiger partial charge in [-0.2, -0.15) is 0 Å². The van der Waals surface area contributed by atoms with Crippen LogP contribution in [0.1, 0.15) is 59.0 Å². The average molecular weight is 619 g/mol. The lowest BCUT2D eigenvalue weighted by atomic mass is 10.1. The van der Waals surface area contributed by atoms with E-state index in [9.17, 15) is 32.8 Å². The van der Waals surface area contributed by atoms with Gasteiger partial charge in [-0.05, 0) is 25.3 Å². The van der Waals surface area contributed by atoms with Crippen LogP contribution in [0.5, 0.6) is 5.75 Å². The molecule has 3 aliphatic heterocycles. The predicted molar refractivity (Wildman–Crippen MR) is 147 cm³/mol. The van der Waals surface area contributed by atoms with Crippen molar-refractivity contribution in [1.29, 1.82) is 0 Å². The summed E-state index contributed by atoms with van der Waals surface area (Å²) >= 11 is 0. The first kappa shape index (κ1) is 30.9. The van der Waals surface area contributed by atoms with Crippen molar-refractivity contribution in [2.24, 2.45) is 0 Å². The number of fused-ring (bicyclic) bond motifs is 4. The highest BCUT2D eigenvalue weighted by molar-refractivity contribution is 5.99. The van der Waals surface area contributed by atoms with E-state index in [1.807, 2.05) is 6.92 Å². The first-order valence-electron chi connectivity index (χ1n) is 14.3. The molecule has 0 radical (unpaired) electrons. The van der Waals surface area contributed by atoms with E-state index in [0.29, 0.717) is 19.0 Å². The summed E-state index contributed by atoms with van der Waals surface area (Å²) in [5.41, 5.74) is -1.49. The van der Waals surface area contributed by atoms with Gasteiger partial charge in [-0.25, -0.2) is 18.4 Å². The molecule has 4 heterocycles. The summed E-state index contributed by atoms with van der Waals surface area (Å²) in [7, 11) is 0. The fourth-order valence-electron chi connectivity index (χ4n) is 5.61. The Bertz CT molecular complexity index is 1510. The number of unbranched alkanes of at least 4 members (excludes halogenated alkanes) is 1. The number of benzene rings is 1. The van der Waals surface area contributed by atoms with E-state index < -0.39 is 65.7 Å². The maximum absolute atomic E-state index is 14.1. The molecule has 13 nitrogen and oxygen atoms in total. The zero-order chi connectivity index (χ0) is 31.4. The summed E-state index contributed by atoms with van der Waals surface area (Å²) in [4.78, 5) is 67.8. The van der Waals surface area contributed by atoms with Crippen LogP contribution in [-0.4, -0.2) is 83.6 Å². The van der Waals surface area contributed by atoms with Gasteiger partial charge in [-0.1, -0.05) is 19.4 Å². The number of carbonyl (C=O) groups is 4. The molecule has 0 spiro atoms. The van der Waals surface area contributed by atoms with Crippen LogP contribution in [0.15, 0.2) is 29.2 Å². The fraction of sp³-hybridized carbons (Fsp3) is 0.483. The zero-order valence-corrected chi connectivity index (χ0v) is 24.0. The number of aromatic nitrogens is 1. The number of nitrogens with zero attached hydrogens (tertiary/aromatic N) is 3. The molecular formula is C29H32F2N4O9. The van der Waals surface area contributed by atoms with Crippen molar-refractivity contribution in [3.8, 4) is 5.75 Å². The van der Waals surface area contributed by atoms with Crippen LogP contribution in [0.25, 0.3) is 0 Å². The molecule has 1 N–H and O–H groups in total. The maximum Gasteiger partial charge on any atom is 0.511 e. The van der Waals surface area contributed by atoms with Crippen LogP contribution < -0.4 is 15.5 Å². The quantitative estimate of drug-likeness (QED) is 0.226. The normalized spacial score (nSPS) is 18.7. The van der Waals surface area contributed by atoms with E-state index in [1.165, 1.54) is 16.8 Å². The van der Waals surface area contributed by atoms with E-state index in [1.54, 1.807) is 4.90 Å². The average Bonchev–Trinajstić information content (AvgIpc) is 3.59. The molecule has 2 atom stereocenters. The second-order valence-corrected chi connectivity index (χ2v) is 10.6. The number of nitrogens with one attached hydrogen (secondary N) is 1. The lowest BCUT2D eigenvalue weighted by molar-refractivity contribution is -0.148. The van der Waals surface area contributed by atoms with E-state index in [2.05, 4.69) is 10.2 Å². The van der Waals surface area contributed by atoms with Crippen LogP contribution >= 0.6 is 0 Å². The van der Waals surface area contributed by atoms with E-state index in [4.69, 9.17) is 18.9 Å². The Labute approximate surface area is 250 Å². The Balaban J connectivity index is 1.34. The van der Waals surface area contributed by atoms with Crippen molar-refractivity contribution in [3.63, 3.8) is 0 Å². The Morgan fingerprint density at radius 1 is 1.09 bits per heavy atom. The van der Waals surface area contributed by atoms with Gasteiger partial charge in [0.2, 0.25) is 18.0 Å². The molecule has 236 valence electrons. The van der Waals surface area contributed by atoms with Crippen LogP contribution in [0, 0.1) is 11.6 Å². The number of rotatable bonds is 11. The fourth-order valence-corrected chi connectivity index (χ4v) is 5.61. The molecular weight excluding hydrogens is 586 g/mol. The lowest BCUT2D eigenvalue weighted by Gasteiger charge is -2.36. The van der Waals surface area contributed by atoms with Gasteiger partial charge in [0.05, 0.1) is 13.2 Å². The van der Waals surface area contributed by atoms with Crippen molar-refractivity contribution < 1.29 is 46.9 Å². The summed E-state index contributed by atoms with van der Waals surface area (Å²) in [6.45, 7) is 1.70. The van der Waals surface area contributed by atoms with Crippen LogP contribution in [0.3, 0.4) is 0 Å². The van der Waals surface area contributed by atoms with Gasteiger partial charge in [0.1, 0.15) is 23.4 Å². The Morgan fingerprint density at radius 2 is 1.91 bits per heavy atom. The van der Waals surface area contributed by atoms with E-state index >= 15 is 0 Å². The summed E-state index contributed by atoms with van der Waals surface area (Å²) in [5, 5.41) is 2.44. The molecule has 44 heavy (non-hydrogen) atoms. The first-order valence-corrected chi connectivity index (χ1v) is 14.3. The number of halogens is 2. The highest BCUT2D eigenvalue weighted by atomic mass is 19.1. The van der Waals surface area contributed by atoms with Gasteiger partial charge in [0.25, 0.3) is 11.8 Å². The number of esters is 1. The van der Waals surface area contributed by atoms with Gasteiger partial charge in [-0.15, -0.1) is 0 Å². The lowest BCUT2D eigenvalue weighted by Crippen LogP contribution is -2.50. The molecule has 0 unspecified atom stereocenters. The number of amides is 2. The van der Waals surface area contributed by atoms with Crippen molar-refractivity contribution in [1.82, 2.24) is 19.7 Å². The minimum atomic E-state index is -1.28. The summed E-state index contributed by atoms with van der Waals surface area (Å²) < 4.78 is 48.7. The molecule has 1 aromatic heterocycles. The first-order chi connectivity index (χ1) is 21.2. The third-order valence-corrected chi connectivity index (χ3v) is 7.78. The number of carbonyl (C=O) groups excluding carboxylic acids is 4. The third kappa shape index (κ3) is 6.51. The van der Waals surface area contributed by atoms with Crippen molar-refractivity contribution >= 4 is 23.9 Å². The maximum atomic E-state index is 14.1. The molecule has 3 aliphatic rings. The van der Waals surface area contributed by atoms with E-state index in [0.717, 1.165) is 31.9 Å². The summed E-state index contributed by atoms with van der Waals surface area (Å²) in [6, 6.07) is 3.05. The molecule has 2 fully saturated rings. The molecule has 2 aromatic rings. The Hall–Kier alpha value is -4.53. The van der Waals surface area contributed by atoms with Gasteiger partial charge < -0.3 is 33.7 Å². The summed E-state index contributed by atoms with van der Waals surface area (Å²) in [6.07, 6.45) is 3.06. The SMILES string of the molecule is CCCCOC(=O)COC(=O)OCOc1c2n(cc(C(=O)NCc3ccc(F)cc3F)c1=O)C[C@@H]1N(C[C@H]3CCCN31)C2=O. The van der Waals surface area contributed by atoms with Crippen LogP contribution in [-0.2, 0) is 32.1 Å². The van der Waals surface area contributed by atoms with Crippen molar-refractivity contribution in [3.05, 3.63) is 63.1 Å². The molecule has 2 saturated heterocycles. The van der Waals surface area contributed by atoms with Crippen molar-refractivity contribution in [2.75, 3.05) is 33.1 Å². The minimum Gasteiger partial charge on any atom is -0.463 e. The van der Waals surface area contributed by atoms with Crippen LogP contribution in [0.4, 0.5) is 13.6 Å². The molecule has 1 aromatic carbocycles. The monoisotopic (exact) mass is 618 g/mol. The highest BCUT2D eigenvalue weighted by Crippen LogP contribution is 2.35. The number of hydrogen-bond acceptors (Lipinski definition) is 10. The number of hydrogen-bond donors (Lipinski definition) is 1. The third-order valence-electron chi connectivity index (χ3n) is 7.78. The molecule has 0 saturated carbocycles. The smallest absolute Gasteiger partial charge is 0.463 e. The van der Waals surface area contributed by atoms with Crippen LogP contribution in [0.2, 0.25) is 0 Å². The van der Waals surface area contributed by atoms with Gasteiger partial charge in [0, 0.05) is 43.5 Å². The van der Waals surface area contributed by atoms with E-state index in [-0.39, 0.29) is 43.2 Å². The second kappa shape index (κ2) is 13.4. The molecule has 15 heteroatoms. The number of ether oxygens (including phenoxy) is 4. The highest BCUT2D eigenvalue weighted by Gasteiger charge is 2.48. The van der Waals surface area contributed by atoms with Crippen molar-refractivity contribution in [2.45, 2.75) is 57.9 Å². The topological polar surface area (TPSA) is 146 Å². The Kier molecular flexibility index (Phi) is 9.42. The standard InChI is InChI=1S/C29H32F2N4O9/c1-2-3-9-41-23(36)15-42-29(40)44-16-43-26-24-28(39)35-12-19-5-4-8-34(19)22(35)14-33(24)13-20(25(26)37)27(38)32-11-17-6-7-18(30)10-21(17)31/h6-7,10,13,19,22H,2-5,8-9,11-12,14-16H2,1H3,(H,32,38)/t19-,22+/m1/s1. The van der Waals surface area contributed by atoms with Gasteiger partial charge in [-0.3, -0.25) is 19.3 Å². The minimum absolute atomic E-state index is 0.00714. The zero-order valence-electron chi connectivity index (χ0n) is 24.0. The predicted octanol–water partition coefficient (Wildman–Crippen LogP) is 2.15. The molecule has 0 bridgehead atoms. The largest absolute Gasteiger partial charge is 0.511 e. The summed E-state index contributed by atoms with van der Waals surface area (Å²) in [5.74, 6) is -4.32. The second-order valence-electron chi connectivity index (χ2n) is 10.6. The molecule has 0 aliphatic carbocycles. The van der Waals surface area contributed by atoms with Gasteiger partial charge in [0.15, 0.2) is 12.3 Å². The Morgan fingerprint density at radius 3 is 2.68 bits per heavy atom.